The van der Waals surface area contributed by atoms with Crippen LogP contribution >= 0.6 is 11.3 Å². The second kappa shape index (κ2) is 8.04. The largest absolute Gasteiger partial charge is 0.464 e. The van der Waals surface area contributed by atoms with Gasteiger partial charge in [-0.05, 0) is 37.1 Å². The second-order valence-electron chi connectivity index (χ2n) is 7.47. The first-order valence-corrected chi connectivity index (χ1v) is 10.9. The Kier molecular flexibility index (Phi) is 5.10. The molecule has 8 heteroatoms. The molecule has 0 saturated carbocycles. The molecule has 4 aromatic rings. The fraction of sp³-hybridized carbons (Fsp3) is 0.318. The van der Waals surface area contributed by atoms with Crippen molar-refractivity contribution in [1.82, 2.24) is 20.2 Å². The van der Waals surface area contributed by atoms with Crippen molar-refractivity contribution < 1.29 is 13.9 Å². The van der Waals surface area contributed by atoms with Crippen molar-refractivity contribution >= 4 is 38.6 Å². The maximum atomic E-state index is 11.7. The summed E-state index contributed by atoms with van der Waals surface area (Å²) < 4.78 is 12.7. The molecule has 0 spiro atoms. The number of hydrogen-bond donors (Lipinski definition) is 1. The standard InChI is InChI=1S/C22H22N4O3S/c1-14(27)26-9-3-4-16(26)12-23-11-15-13-28-19-10-17(6-7-18(15)19)29-22-25-21-20(30-22)5-2-8-24-21/h2,5-8,10,13,16,23H,3-4,9,11-12H2,1H3/t16-/m0/s1. The smallest absolute Gasteiger partial charge is 0.281 e. The highest BCUT2D eigenvalue weighted by Gasteiger charge is 2.25. The zero-order valence-electron chi connectivity index (χ0n) is 16.6. The van der Waals surface area contributed by atoms with Crippen LogP contribution in [0.15, 0.2) is 47.2 Å². The second-order valence-corrected chi connectivity index (χ2v) is 8.46. The molecule has 1 atom stereocenters. The maximum Gasteiger partial charge on any atom is 0.281 e. The molecule has 5 rings (SSSR count). The zero-order chi connectivity index (χ0) is 20.5. The lowest BCUT2D eigenvalue weighted by atomic mass is 10.1. The first-order valence-electron chi connectivity index (χ1n) is 10.0. The van der Waals surface area contributed by atoms with E-state index in [9.17, 15) is 4.79 Å². The quantitative estimate of drug-likeness (QED) is 0.498. The third kappa shape index (κ3) is 3.76. The van der Waals surface area contributed by atoms with E-state index in [1.54, 1.807) is 19.4 Å². The third-order valence-corrected chi connectivity index (χ3v) is 6.34. The Morgan fingerprint density at radius 2 is 2.33 bits per heavy atom. The van der Waals surface area contributed by atoms with Crippen LogP contribution in [-0.2, 0) is 11.3 Å². The van der Waals surface area contributed by atoms with Crippen LogP contribution in [-0.4, -0.2) is 39.9 Å². The van der Waals surface area contributed by atoms with Crippen LogP contribution in [0.3, 0.4) is 0 Å². The van der Waals surface area contributed by atoms with Gasteiger partial charge in [-0.1, -0.05) is 11.3 Å². The predicted octanol–water partition coefficient (Wildman–Crippen LogP) is 4.33. The number of thiazole rings is 1. The molecular weight excluding hydrogens is 400 g/mol. The van der Waals surface area contributed by atoms with Crippen molar-refractivity contribution in [3.05, 3.63) is 48.4 Å². The van der Waals surface area contributed by atoms with Crippen molar-refractivity contribution in [1.29, 1.82) is 0 Å². The summed E-state index contributed by atoms with van der Waals surface area (Å²) in [5, 5.41) is 5.09. The van der Waals surface area contributed by atoms with Crippen LogP contribution in [0, 0.1) is 0 Å². The van der Waals surface area contributed by atoms with Gasteiger partial charge in [0.15, 0.2) is 5.65 Å². The molecule has 3 aromatic heterocycles. The number of likely N-dealkylation sites (tertiary alicyclic amines) is 1. The Morgan fingerprint density at radius 1 is 1.40 bits per heavy atom. The van der Waals surface area contributed by atoms with Gasteiger partial charge in [0.25, 0.3) is 5.19 Å². The third-order valence-electron chi connectivity index (χ3n) is 5.45. The highest BCUT2D eigenvalue weighted by Crippen LogP contribution is 2.32. The first kappa shape index (κ1) is 19.0. The summed E-state index contributed by atoms with van der Waals surface area (Å²) in [7, 11) is 0. The Labute approximate surface area is 177 Å². The van der Waals surface area contributed by atoms with Crippen molar-refractivity contribution in [2.45, 2.75) is 32.4 Å². The summed E-state index contributed by atoms with van der Waals surface area (Å²) in [6.45, 7) is 3.99. The lowest BCUT2D eigenvalue weighted by Crippen LogP contribution is -2.40. The first-order chi connectivity index (χ1) is 14.7. The van der Waals surface area contributed by atoms with Gasteiger partial charge >= 0.3 is 0 Å². The minimum Gasteiger partial charge on any atom is -0.464 e. The van der Waals surface area contributed by atoms with E-state index in [4.69, 9.17) is 9.15 Å². The molecule has 1 amide bonds. The van der Waals surface area contributed by atoms with E-state index < -0.39 is 0 Å². The molecule has 1 aliphatic heterocycles. The molecule has 0 unspecified atom stereocenters. The Hall–Kier alpha value is -2.97. The molecule has 1 fully saturated rings. The van der Waals surface area contributed by atoms with Gasteiger partial charge in [0.2, 0.25) is 5.91 Å². The van der Waals surface area contributed by atoms with Crippen molar-refractivity contribution in [2.24, 2.45) is 0 Å². The molecule has 0 aliphatic carbocycles. The monoisotopic (exact) mass is 422 g/mol. The number of hydrogen-bond acceptors (Lipinski definition) is 7. The van der Waals surface area contributed by atoms with Crippen LogP contribution in [0.5, 0.6) is 10.9 Å². The van der Waals surface area contributed by atoms with Crippen molar-refractivity contribution in [2.75, 3.05) is 13.1 Å². The van der Waals surface area contributed by atoms with Crippen LogP contribution in [0.4, 0.5) is 0 Å². The number of nitrogens with one attached hydrogen (secondary N) is 1. The number of benzene rings is 1. The molecule has 7 nitrogen and oxygen atoms in total. The van der Waals surface area contributed by atoms with E-state index in [0.717, 1.165) is 47.2 Å². The van der Waals surface area contributed by atoms with Gasteiger partial charge in [-0.2, -0.15) is 4.98 Å². The van der Waals surface area contributed by atoms with Gasteiger partial charge in [-0.25, -0.2) is 4.98 Å². The number of carbonyl (C=O) groups is 1. The molecule has 30 heavy (non-hydrogen) atoms. The van der Waals surface area contributed by atoms with E-state index in [1.807, 2.05) is 35.2 Å². The molecule has 1 aliphatic rings. The Balaban J connectivity index is 1.25. The molecule has 4 heterocycles. The lowest BCUT2D eigenvalue weighted by Gasteiger charge is -2.23. The van der Waals surface area contributed by atoms with Gasteiger partial charge in [-0.3, -0.25) is 4.79 Å². The fourth-order valence-electron chi connectivity index (χ4n) is 3.99. The predicted molar refractivity (Wildman–Crippen MR) is 116 cm³/mol. The van der Waals surface area contributed by atoms with E-state index in [0.29, 0.717) is 23.1 Å². The number of fused-ring (bicyclic) bond motifs is 2. The SMILES string of the molecule is CC(=O)N1CCC[C@H]1CNCc1coc2cc(Oc3nc4ncccc4s3)ccc12. The van der Waals surface area contributed by atoms with Gasteiger partial charge in [0, 0.05) is 55.8 Å². The number of pyridine rings is 1. The summed E-state index contributed by atoms with van der Waals surface area (Å²) in [6.07, 6.45) is 5.63. The van der Waals surface area contributed by atoms with Gasteiger partial charge in [0.1, 0.15) is 11.3 Å². The molecule has 0 radical (unpaired) electrons. The number of amides is 1. The molecular formula is C22H22N4O3S. The summed E-state index contributed by atoms with van der Waals surface area (Å²) in [6, 6.07) is 9.96. The molecule has 1 N–H and O–H groups in total. The van der Waals surface area contributed by atoms with E-state index in [1.165, 1.54) is 11.3 Å². The molecule has 1 saturated heterocycles. The minimum absolute atomic E-state index is 0.157. The average molecular weight is 423 g/mol. The van der Waals surface area contributed by atoms with Gasteiger partial charge in [-0.15, -0.1) is 0 Å². The Morgan fingerprint density at radius 3 is 3.20 bits per heavy atom. The molecule has 1 aromatic carbocycles. The zero-order valence-corrected chi connectivity index (χ0v) is 17.4. The average Bonchev–Trinajstić information content (AvgIpc) is 3.46. The summed E-state index contributed by atoms with van der Waals surface area (Å²) in [5.41, 5.74) is 2.55. The topological polar surface area (TPSA) is 80.5 Å². The van der Waals surface area contributed by atoms with E-state index >= 15 is 0 Å². The highest BCUT2D eigenvalue weighted by molar-refractivity contribution is 7.20. The number of carbonyl (C=O) groups excluding carboxylic acids is 1. The van der Waals surface area contributed by atoms with Crippen LogP contribution in [0.25, 0.3) is 21.3 Å². The van der Waals surface area contributed by atoms with Crippen molar-refractivity contribution in [3.8, 4) is 10.9 Å². The van der Waals surface area contributed by atoms with Crippen LogP contribution < -0.4 is 10.1 Å². The van der Waals surface area contributed by atoms with E-state index in [2.05, 4.69) is 15.3 Å². The Bertz CT molecular complexity index is 1170. The summed E-state index contributed by atoms with van der Waals surface area (Å²) in [4.78, 5) is 22.3. The lowest BCUT2D eigenvalue weighted by molar-refractivity contribution is -0.129. The van der Waals surface area contributed by atoms with E-state index in [-0.39, 0.29) is 11.9 Å². The van der Waals surface area contributed by atoms with Crippen LogP contribution in [0.2, 0.25) is 0 Å². The maximum absolute atomic E-state index is 11.7. The van der Waals surface area contributed by atoms with Gasteiger partial charge in [0.05, 0.1) is 11.0 Å². The summed E-state index contributed by atoms with van der Waals surface area (Å²) in [5.74, 6) is 0.836. The number of aromatic nitrogens is 2. The number of nitrogens with zero attached hydrogens (tertiary/aromatic N) is 3. The van der Waals surface area contributed by atoms with Crippen molar-refractivity contribution in [3.63, 3.8) is 0 Å². The fourth-order valence-corrected chi connectivity index (χ4v) is 4.79. The molecule has 0 bridgehead atoms. The highest BCUT2D eigenvalue weighted by atomic mass is 32.1. The minimum atomic E-state index is 0.157. The number of ether oxygens (including phenoxy) is 1. The van der Waals surface area contributed by atoms with Crippen LogP contribution in [0.1, 0.15) is 25.3 Å². The molecule has 154 valence electrons. The number of rotatable bonds is 6. The van der Waals surface area contributed by atoms with Gasteiger partial charge < -0.3 is 19.4 Å². The number of furan rings is 1. The normalized spacial score (nSPS) is 16.6. The summed E-state index contributed by atoms with van der Waals surface area (Å²) >= 11 is 1.46.